The van der Waals surface area contributed by atoms with Crippen LogP contribution in [0.5, 0.6) is 0 Å². The number of benzene rings is 1. The zero-order chi connectivity index (χ0) is 13.8. The maximum atomic E-state index is 5.56. The monoisotopic (exact) mass is 271 g/mol. The first-order valence-electron chi connectivity index (χ1n) is 7.40. The van der Waals surface area contributed by atoms with E-state index in [0.29, 0.717) is 12.0 Å². The SMILES string of the molecule is CCCNC(c1ccc2nccnc2c1)C1CCOC1. The molecule has 0 bridgehead atoms. The first kappa shape index (κ1) is 13.5. The molecular formula is C16H21N3O. The second-order valence-corrected chi connectivity index (χ2v) is 5.36. The fraction of sp³-hybridized carbons (Fsp3) is 0.500. The number of ether oxygens (including phenoxy) is 1. The van der Waals surface area contributed by atoms with Crippen molar-refractivity contribution < 1.29 is 4.74 Å². The minimum Gasteiger partial charge on any atom is -0.381 e. The van der Waals surface area contributed by atoms with Crippen molar-refractivity contribution in [3.05, 3.63) is 36.2 Å². The summed E-state index contributed by atoms with van der Waals surface area (Å²) >= 11 is 0. The van der Waals surface area contributed by atoms with E-state index in [0.717, 1.165) is 43.6 Å². The number of nitrogens with zero attached hydrogens (tertiary/aromatic N) is 2. The van der Waals surface area contributed by atoms with Crippen LogP contribution in [-0.4, -0.2) is 29.7 Å². The highest BCUT2D eigenvalue weighted by molar-refractivity contribution is 5.74. The molecule has 1 N–H and O–H groups in total. The van der Waals surface area contributed by atoms with Gasteiger partial charge in [0.15, 0.2) is 0 Å². The fourth-order valence-corrected chi connectivity index (χ4v) is 2.85. The Hall–Kier alpha value is -1.52. The molecule has 2 aromatic rings. The van der Waals surface area contributed by atoms with Crippen LogP contribution < -0.4 is 5.32 Å². The highest BCUT2D eigenvalue weighted by Crippen LogP contribution is 2.30. The van der Waals surface area contributed by atoms with Crippen LogP contribution >= 0.6 is 0 Å². The molecule has 1 aromatic heterocycles. The molecule has 0 saturated carbocycles. The van der Waals surface area contributed by atoms with Gasteiger partial charge in [-0.05, 0) is 37.1 Å². The molecule has 4 heteroatoms. The van der Waals surface area contributed by atoms with Gasteiger partial charge in [0.1, 0.15) is 0 Å². The average Bonchev–Trinajstić information content (AvgIpc) is 3.02. The molecule has 0 spiro atoms. The molecule has 1 aliphatic rings. The van der Waals surface area contributed by atoms with E-state index in [9.17, 15) is 0 Å². The largest absolute Gasteiger partial charge is 0.381 e. The molecule has 4 nitrogen and oxygen atoms in total. The fourth-order valence-electron chi connectivity index (χ4n) is 2.85. The van der Waals surface area contributed by atoms with E-state index < -0.39 is 0 Å². The summed E-state index contributed by atoms with van der Waals surface area (Å²) in [6.45, 7) is 4.95. The Balaban J connectivity index is 1.90. The van der Waals surface area contributed by atoms with E-state index in [2.05, 4.69) is 40.4 Å². The lowest BCUT2D eigenvalue weighted by Crippen LogP contribution is -2.29. The molecule has 1 aromatic carbocycles. The molecule has 20 heavy (non-hydrogen) atoms. The van der Waals surface area contributed by atoms with Crippen LogP contribution in [0.25, 0.3) is 11.0 Å². The van der Waals surface area contributed by atoms with Crippen LogP contribution in [-0.2, 0) is 4.74 Å². The van der Waals surface area contributed by atoms with Gasteiger partial charge in [0.25, 0.3) is 0 Å². The van der Waals surface area contributed by atoms with Crippen molar-refractivity contribution in [1.82, 2.24) is 15.3 Å². The van der Waals surface area contributed by atoms with Crippen molar-refractivity contribution in [2.45, 2.75) is 25.8 Å². The van der Waals surface area contributed by atoms with Crippen molar-refractivity contribution in [3.63, 3.8) is 0 Å². The van der Waals surface area contributed by atoms with Gasteiger partial charge in [-0.2, -0.15) is 0 Å². The van der Waals surface area contributed by atoms with Crippen LogP contribution in [0.4, 0.5) is 0 Å². The van der Waals surface area contributed by atoms with Crippen molar-refractivity contribution in [2.75, 3.05) is 19.8 Å². The van der Waals surface area contributed by atoms with Gasteiger partial charge in [-0.15, -0.1) is 0 Å². The third-order valence-corrected chi connectivity index (χ3v) is 3.90. The number of rotatable bonds is 5. The zero-order valence-corrected chi connectivity index (χ0v) is 11.9. The van der Waals surface area contributed by atoms with E-state index in [1.807, 2.05) is 0 Å². The summed E-state index contributed by atoms with van der Waals surface area (Å²) in [7, 11) is 0. The summed E-state index contributed by atoms with van der Waals surface area (Å²) in [6.07, 6.45) is 5.75. The van der Waals surface area contributed by atoms with E-state index in [1.54, 1.807) is 12.4 Å². The van der Waals surface area contributed by atoms with Gasteiger partial charge in [-0.25, -0.2) is 0 Å². The van der Waals surface area contributed by atoms with Gasteiger partial charge in [-0.1, -0.05) is 13.0 Å². The van der Waals surface area contributed by atoms with Crippen molar-refractivity contribution in [2.24, 2.45) is 5.92 Å². The van der Waals surface area contributed by atoms with E-state index in [-0.39, 0.29) is 0 Å². The van der Waals surface area contributed by atoms with Gasteiger partial charge < -0.3 is 10.1 Å². The quantitative estimate of drug-likeness (QED) is 0.908. The van der Waals surface area contributed by atoms with Crippen molar-refractivity contribution >= 4 is 11.0 Å². The molecule has 0 amide bonds. The summed E-state index contributed by atoms with van der Waals surface area (Å²) < 4.78 is 5.56. The second kappa shape index (κ2) is 6.29. The van der Waals surface area contributed by atoms with Crippen LogP contribution in [0.15, 0.2) is 30.6 Å². The average molecular weight is 271 g/mol. The Morgan fingerprint density at radius 3 is 2.90 bits per heavy atom. The first-order valence-corrected chi connectivity index (χ1v) is 7.40. The van der Waals surface area contributed by atoms with Gasteiger partial charge >= 0.3 is 0 Å². The molecule has 1 saturated heterocycles. The third-order valence-electron chi connectivity index (χ3n) is 3.90. The van der Waals surface area contributed by atoms with E-state index in [1.165, 1.54) is 5.56 Å². The summed E-state index contributed by atoms with van der Waals surface area (Å²) in [5.41, 5.74) is 3.21. The van der Waals surface area contributed by atoms with Gasteiger partial charge in [0, 0.05) is 31.0 Å². The molecule has 1 fully saturated rings. The Morgan fingerprint density at radius 2 is 2.15 bits per heavy atom. The van der Waals surface area contributed by atoms with E-state index in [4.69, 9.17) is 4.74 Å². The van der Waals surface area contributed by atoms with Crippen LogP contribution in [0.1, 0.15) is 31.4 Å². The van der Waals surface area contributed by atoms with Crippen molar-refractivity contribution in [1.29, 1.82) is 0 Å². The molecule has 3 rings (SSSR count). The number of aromatic nitrogens is 2. The lowest BCUT2D eigenvalue weighted by Gasteiger charge is -2.24. The normalized spacial score (nSPS) is 20.4. The predicted molar refractivity (Wildman–Crippen MR) is 79.5 cm³/mol. The van der Waals surface area contributed by atoms with Crippen LogP contribution in [0.2, 0.25) is 0 Å². The van der Waals surface area contributed by atoms with Crippen LogP contribution in [0.3, 0.4) is 0 Å². The summed E-state index contributed by atoms with van der Waals surface area (Å²) in [6, 6.07) is 6.74. The topological polar surface area (TPSA) is 47.0 Å². The second-order valence-electron chi connectivity index (χ2n) is 5.36. The molecule has 0 radical (unpaired) electrons. The molecule has 2 atom stereocenters. The Kier molecular flexibility index (Phi) is 4.23. The summed E-state index contributed by atoms with van der Waals surface area (Å²) in [4.78, 5) is 8.74. The highest BCUT2D eigenvalue weighted by atomic mass is 16.5. The minimum atomic E-state index is 0.351. The smallest absolute Gasteiger partial charge is 0.0890 e. The Morgan fingerprint density at radius 1 is 1.30 bits per heavy atom. The molecule has 2 unspecified atom stereocenters. The first-order chi connectivity index (χ1) is 9.88. The van der Waals surface area contributed by atoms with Gasteiger partial charge in [0.2, 0.25) is 0 Å². The maximum Gasteiger partial charge on any atom is 0.0890 e. The zero-order valence-electron chi connectivity index (χ0n) is 11.9. The lowest BCUT2D eigenvalue weighted by molar-refractivity contribution is 0.176. The maximum absolute atomic E-state index is 5.56. The van der Waals surface area contributed by atoms with Crippen LogP contribution in [0, 0.1) is 5.92 Å². The molecule has 0 aliphatic carbocycles. The molecule has 106 valence electrons. The Labute approximate surface area is 119 Å². The number of hydrogen-bond donors (Lipinski definition) is 1. The van der Waals surface area contributed by atoms with Crippen molar-refractivity contribution in [3.8, 4) is 0 Å². The number of hydrogen-bond acceptors (Lipinski definition) is 4. The van der Waals surface area contributed by atoms with Gasteiger partial charge in [-0.3, -0.25) is 9.97 Å². The number of fused-ring (bicyclic) bond motifs is 1. The molecule has 1 aliphatic heterocycles. The molecule has 2 heterocycles. The summed E-state index contributed by atoms with van der Waals surface area (Å²) in [5, 5.41) is 3.66. The third kappa shape index (κ3) is 2.81. The standard InChI is InChI=1S/C16H21N3O/c1-2-6-19-16(13-5-9-20-11-13)12-3-4-14-15(10-12)18-8-7-17-14/h3-4,7-8,10,13,16,19H,2,5-6,9,11H2,1H3. The highest BCUT2D eigenvalue weighted by Gasteiger charge is 2.26. The number of nitrogens with one attached hydrogen (secondary N) is 1. The molecular weight excluding hydrogens is 250 g/mol. The summed E-state index contributed by atoms with van der Waals surface area (Å²) in [5.74, 6) is 0.552. The van der Waals surface area contributed by atoms with E-state index >= 15 is 0 Å². The lowest BCUT2D eigenvalue weighted by atomic mass is 9.92. The Bertz CT molecular complexity index is 566. The predicted octanol–water partition coefficient (Wildman–Crippen LogP) is 2.71. The van der Waals surface area contributed by atoms with Gasteiger partial charge in [0.05, 0.1) is 17.6 Å². The minimum absolute atomic E-state index is 0.351.